The molecule has 1 rings (SSSR count). The molecule has 0 saturated carbocycles. The first-order valence-electron chi connectivity index (χ1n) is 6.85. The molecule has 18 heavy (non-hydrogen) atoms. The molecular formula is C13H24N4O. The van der Waals surface area contributed by atoms with E-state index in [2.05, 4.69) is 16.3 Å². The van der Waals surface area contributed by atoms with Gasteiger partial charge in [-0.05, 0) is 26.8 Å². The van der Waals surface area contributed by atoms with E-state index in [9.17, 15) is 10.1 Å². The highest BCUT2D eigenvalue weighted by Gasteiger charge is 2.23. The Hall–Kier alpha value is -1.12. The Labute approximate surface area is 110 Å². The molecule has 1 aliphatic rings. The molecule has 1 saturated heterocycles. The summed E-state index contributed by atoms with van der Waals surface area (Å²) in [6.07, 6.45) is 1.36. The second-order valence-electron chi connectivity index (χ2n) is 4.55. The Bertz CT molecular complexity index is 288. The molecule has 1 fully saturated rings. The average Bonchev–Trinajstić information content (AvgIpc) is 2.66. The van der Waals surface area contributed by atoms with Crippen LogP contribution < -0.4 is 5.32 Å². The maximum absolute atomic E-state index is 12.0. The normalized spacial score (nSPS) is 18.7. The second-order valence-corrected chi connectivity index (χ2v) is 4.55. The lowest BCUT2D eigenvalue weighted by atomic mass is 10.1. The van der Waals surface area contributed by atoms with E-state index >= 15 is 0 Å². The summed E-state index contributed by atoms with van der Waals surface area (Å²) in [5.74, 6) is 0.0868. The lowest BCUT2D eigenvalue weighted by Gasteiger charge is -2.27. The van der Waals surface area contributed by atoms with Crippen molar-refractivity contribution in [1.29, 1.82) is 5.26 Å². The summed E-state index contributed by atoms with van der Waals surface area (Å²) in [6.45, 7) is 9.03. The third kappa shape index (κ3) is 4.28. The van der Waals surface area contributed by atoms with Crippen LogP contribution in [0.25, 0.3) is 0 Å². The van der Waals surface area contributed by atoms with Gasteiger partial charge in [0.05, 0.1) is 12.5 Å². The van der Waals surface area contributed by atoms with Crippen LogP contribution in [0.2, 0.25) is 0 Å². The van der Waals surface area contributed by atoms with Crippen LogP contribution in [0.4, 0.5) is 0 Å². The zero-order valence-electron chi connectivity index (χ0n) is 11.5. The van der Waals surface area contributed by atoms with Crippen molar-refractivity contribution in [3.63, 3.8) is 0 Å². The van der Waals surface area contributed by atoms with Crippen LogP contribution in [0.15, 0.2) is 0 Å². The molecule has 0 aliphatic carbocycles. The first-order valence-corrected chi connectivity index (χ1v) is 6.85. The minimum Gasteiger partial charge on any atom is -0.343 e. The van der Waals surface area contributed by atoms with Crippen molar-refractivity contribution in [3.05, 3.63) is 0 Å². The molecular weight excluding hydrogens is 228 g/mol. The van der Waals surface area contributed by atoms with Crippen LogP contribution >= 0.6 is 0 Å². The van der Waals surface area contributed by atoms with Crippen molar-refractivity contribution >= 4 is 5.91 Å². The minimum atomic E-state index is -0.280. The molecule has 5 heteroatoms. The molecule has 1 atom stereocenters. The molecule has 1 heterocycles. The number of carbonyl (C=O) groups excluding carboxylic acids is 1. The maximum Gasteiger partial charge on any atom is 0.225 e. The van der Waals surface area contributed by atoms with E-state index in [1.165, 1.54) is 0 Å². The Morgan fingerprint density at radius 3 is 2.72 bits per heavy atom. The van der Waals surface area contributed by atoms with Crippen molar-refractivity contribution in [2.75, 3.05) is 39.3 Å². The number of amides is 1. The number of hydrogen-bond donors (Lipinski definition) is 1. The van der Waals surface area contributed by atoms with Gasteiger partial charge in [-0.15, -0.1) is 0 Å². The van der Waals surface area contributed by atoms with Crippen LogP contribution in [-0.4, -0.2) is 61.0 Å². The summed E-state index contributed by atoms with van der Waals surface area (Å²) in [7, 11) is 0. The summed E-state index contributed by atoms with van der Waals surface area (Å²) in [4.78, 5) is 16.0. The molecule has 0 radical (unpaired) electrons. The fraction of sp³-hybridized carbons (Fsp3) is 0.846. The number of nitriles is 1. The molecule has 1 amide bonds. The number of nitrogens with zero attached hydrogens (tertiary/aromatic N) is 3. The van der Waals surface area contributed by atoms with E-state index in [4.69, 9.17) is 0 Å². The molecule has 0 aromatic heterocycles. The SMILES string of the molecule is CCN(CC)C(=O)CC(C#N)N1CCCNCC1. The van der Waals surface area contributed by atoms with Crippen molar-refractivity contribution < 1.29 is 4.79 Å². The first-order chi connectivity index (χ1) is 8.72. The number of hydrogen-bond acceptors (Lipinski definition) is 4. The van der Waals surface area contributed by atoms with Crippen molar-refractivity contribution in [2.45, 2.75) is 32.7 Å². The van der Waals surface area contributed by atoms with Gasteiger partial charge >= 0.3 is 0 Å². The number of rotatable bonds is 5. The Morgan fingerprint density at radius 1 is 1.39 bits per heavy atom. The summed E-state index contributed by atoms with van der Waals surface area (Å²) >= 11 is 0. The van der Waals surface area contributed by atoms with Crippen molar-refractivity contribution in [3.8, 4) is 6.07 Å². The van der Waals surface area contributed by atoms with Crippen LogP contribution in [0.5, 0.6) is 0 Å². The molecule has 0 spiro atoms. The molecule has 1 aliphatic heterocycles. The van der Waals surface area contributed by atoms with E-state index in [1.54, 1.807) is 4.90 Å². The van der Waals surface area contributed by atoms with Gasteiger partial charge in [0.25, 0.3) is 0 Å². The first kappa shape index (κ1) is 14.9. The van der Waals surface area contributed by atoms with Crippen LogP contribution in [-0.2, 0) is 4.79 Å². The Morgan fingerprint density at radius 2 is 2.11 bits per heavy atom. The standard InChI is InChI=1S/C13H24N4O/c1-3-16(4-2)13(18)10-12(11-14)17-8-5-6-15-7-9-17/h12,15H,3-10H2,1-2H3. The van der Waals surface area contributed by atoms with Gasteiger partial charge < -0.3 is 10.2 Å². The largest absolute Gasteiger partial charge is 0.343 e. The second kappa shape index (κ2) is 8.06. The third-order valence-electron chi connectivity index (χ3n) is 3.45. The Balaban J connectivity index is 2.55. The van der Waals surface area contributed by atoms with Crippen molar-refractivity contribution in [2.24, 2.45) is 0 Å². The van der Waals surface area contributed by atoms with Gasteiger partial charge in [-0.3, -0.25) is 9.69 Å². The molecule has 0 aromatic carbocycles. The minimum absolute atomic E-state index is 0.0868. The van der Waals surface area contributed by atoms with Gasteiger partial charge in [0.15, 0.2) is 0 Å². The molecule has 0 aromatic rings. The highest BCUT2D eigenvalue weighted by Crippen LogP contribution is 2.08. The molecule has 0 bridgehead atoms. The van der Waals surface area contributed by atoms with Gasteiger partial charge in [-0.25, -0.2) is 0 Å². The summed E-state index contributed by atoms with van der Waals surface area (Å²) in [5, 5.41) is 12.6. The van der Waals surface area contributed by atoms with Gasteiger partial charge in [-0.2, -0.15) is 5.26 Å². The smallest absolute Gasteiger partial charge is 0.225 e. The quantitative estimate of drug-likeness (QED) is 0.771. The number of nitrogens with one attached hydrogen (secondary N) is 1. The van der Waals surface area contributed by atoms with Gasteiger partial charge in [0.2, 0.25) is 5.91 Å². The van der Waals surface area contributed by atoms with Gasteiger partial charge in [-0.1, -0.05) is 0 Å². The lowest BCUT2D eigenvalue weighted by Crippen LogP contribution is -2.41. The zero-order chi connectivity index (χ0) is 13.4. The third-order valence-corrected chi connectivity index (χ3v) is 3.45. The molecule has 5 nitrogen and oxygen atoms in total. The predicted molar refractivity (Wildman–Crippen MR) is 71.0 cm³/mol. The van der Waals surface area contributed by atoms with Gasteiger partial charge in [0, 0.05) is 32.7 Å². The van der Waals surface area contributed by atoms with Crippen LogP contribution in [0.1, 0.15) is 26.7 Å². The molecule has 1 unspecified atom stereocenters. The van der Waals surface area contributed by atoms with Crippen molar-refractivity contribution in [1.82, 2.24) is 15.1 Å². The summed E-state index contributed by atoms with van der Waals surface area (Å²) in [5.41, 5.74) is 0. The maximum atomic E-state index is 12.0. The average molecular weight is 252 g/mol. The van der Waals surface area contributed by atoms with Crippen LogP contribution in [0.3, 0.4) is 0 Å². The Kier molecular flexibility index (Phi) is 6.69. The summed E-state index contributed by atoms with van der Waals surface area (Å²) < 4.78 is 0. The highest BCUT2D eigenvalue weighted by atomic mass is 16.2. The molecule has 1 N–H and O–H groups in total. The fourth-order valence-electron chi connectivity index (χ4n) is 2.31. The zero-order valence-corrected chi connectivity index (χ0v) is 11.5. The predicted octanol–water partition coefficient (Wildman–Crippen LogP) is 0.432. The topological polar surface area (TPSA) is 59.4 Å². The van der Waals surface area contributed by atoms with Gasteiger partial charge in [0.1, 0.15) is 6.04 Å². The monoisotopic (exact) mass is 252 g/mol. The number of carbonyl (C=O) groups is 1. The van der Waals surface area contributed by atoms with E-state index in [0.29, 0.717) is 6.42 Å². The van der Waals surface area contributed by atoms with E-state index in [-0.39, 0.29) is 11.9 Å². The fourth-order valence-corrected chi connectivity index (χ4v) is 2.31. The van der Waals surface area contributed by atoms with E-state index < -0.39 is 0 Å². The summed E-state index contributed by atoms with van der Waals surface area (Å²) in [6, 6.07) is 2.00. The molecule has 102 valence electrons. The highest BCUT2D eigenvalue weighted by molar-refractivity contribution is 5.77. The van der Waals surface area contributed by atoms with Crippen LogP contribution in [0, 0.1) is 11.3 Å². The lowest BCUT2D eigenvalue weighted by molar-refractivity contribution is -0.131. The van der Waals surface area contributed by atoms with E-state index in [1.807, 2.05) is 13.8 Å². The van der Waals surface area contributed by atoms with E-state index in [0.717, 1.165) is 45.7 Å².